The van der Waals surface area contributed by atoms with Crippen molar-refractivity contribution in [2.24, 2.45) is 0 Å². The van der Waals surface area contributed by atoms with Crippen molar-refractivity contribution >= 4 is 39.3 Å². The Morgan fingerprint density at radius 1 is 1.19 bits per heavy atom. The van der Waals surface area contributed by atoms with Gasteiger partial charge in [-0.3, -0.25) is 4.79 Å². The van der Waals surface area contributed by atoms with Gasteiger partial charge in [0.15, 0.2) is 5.82 Å². The molecule has 0 aliphatic carbocycles. The number of thioether (sulfide) groups is 1. The molecule has 1 amide bonds. The minimum atomic E-state index is -0.117. The van der Waals surface area contributed by atoms with Crippen LogP contribution in [0.25, 0.3) is 11.4 Å². The minimum Gasteiger partial charge on any atom is -0.335 e. The first-order chi connectivity index (χ1) is 12.8. The molecule has 3 rings (SSSR count). The third-order valence-electron chi connectivity index (χ3n) is 4.04. The number of nitrogens with zero attached hydrogens (tertiary/aromatic N) is 3. The van der Waals surface area contributed by atoms with E-state index in [1.807, 2.05) is 57.2 Å². The van der Waals surface area contributed by atoms with Crippen molar-refractivity contribution < 1.29 is 4.79 Å². The lowest BCUT2D eigenvalue weighted by Crippen LogP contribution is -2.17. The van der Waals surface area contributed by atoms with Gasteiger partial charge in [0.1, 0.15) is 0 Å². The second kappa shape index (κ2) is 8.14. The maximum absolute atomic E-state index is 12.4. The van der Waals surface area contributed by atoms with Gasteiger partial charge in [0.05, 0.1) is 5.75 Å². The van der Waals surface area contributed by atoms with Gasteiger partial charge in [-0.25, -0.2) is 4.68 Å². The molecule has 8 heteroatoms. The summed E-state index contributed by atoms with van der Waals surface area (Å²) in [5.74, 6) is 6.77. The van der Waals surface area contributed by atoms with Gasteiger partial charge in [-0.1, -0.05) is 51.5 Å². The van der Waals surface area contributed by atoms with Crippen molar-refractivity contribution in [1.82, 2.24) is 14.9 Å². The zero-order chi connectivity index (χ0) is 19.6. The molecule has 0 saturated carbocycles. The van der Waals surface area contributed by atoms with Crippen LogP contribution in [0.1, 0.15) is 16.7 Å². The fourth-order valence-electron chi connectivity index (χ4n) is 2.77. The molecule has 0 unspecified atom stereocenters. The van der Waals surface area contributed by atoms with Gasteiger partial charge < -0.3 is 11.2 Å². The molecule has 6 nitrogen and oxygen atoms in total. The van der Waals surface area contributed by atoms with Crippen LogP contribution in [-0.2, 0) is 4.79 Å². The van der Waals surface area contributed by atoms with E-state index in [2.05, 4.69) is 31.4 Å². The van der Waals surface area contributed by atoms with Crippen LogP contribution < -0.4 is 11.2 Å². The summed E-state index contributed by atoms with van der Waals surface area (Å²) in [5, 5.41) is 11.7. The maximum Gasteiger partial charge on any atom is 0.234 e. The third kappa shape index (κ3) is 4.51. The van der Waals surface area contributed by atoms with Crippen molar-refractivity contribution in [3.05, 3.63) is 57.6 Å². The molecule has 0 aliphatic heterocycles. The standard InChI is InChI=1S/C19H20BrN5OS/c1-11-5-4-6-14(7-11)18-23-24-19(25(18)21)27-10-16(26)22-17-12(2)8-15(20)9-13(17)3/h4-9H,10,21H2,1-3H3,(H,22,26). The quantitative estimate of drug-likeness (QED) is 0.456. The second-order valence-electron chi connectivity index (χ2n) is 6.30. The average Bonchev–Trinajstić information content (AvgIpc) is 2.97. The van der Waals surface area contributed by atoms with E-state index in [0.29, 0.717) is 11.0 Å². The van der Waals surface area contributed by atoms with Crippen molar-refractivity contribution in [2.75, 3.05) is 16.9 Å². The van der Waals surface area contributed by atoms with Crippen LogP contribution in [0.3, 0.4) is 0 Å². The first-order valence-electron chi connectivity index (χ1n) is 8.32. The summed E-state index contributed by atoms with van der Waals surface area (Å²) < 4.78 is 2.41. The molecule has 0 bridgehead atoms. The number of hydrogen-bond donors (Lipinski definition) is 2. The average molecular weight is 446 g/mol. The lowest BCUT2D eigenvalue weighted by Gasteiger charge is -2.12. The van der Waals surface area contributed by atoms with Crippen molar-refractivity contribution in [2.45, 2.75) is 25.9 Å². The number of carbonyl (C=O) groups excluding carboxylic acids is 1. The Labute approximate surface area is 170 Å². The topological polar surface area (TPSA) is 85.8 Å². The monoisotopic (exact) mass is 445 g/mol. The van der Waals surface area contributed by atoms with Gasteiger partial charge in [0.25, 0.3) is 0 Å². The van der Waals surface area contributed by atoms with Gasteiger partial charge in [-0.15, -0.1) is 10.2 Å². The number of aromatic nitrogens is 3. The number of nitrogen functional groups attached to an aromatic ring is 1. The lowest BCUT2D eigenvalue weighted by molar-refractivity contribution is -0.113. The van der Waals surface area contributed by atoms with Gasteiger partial charge in [0, 0.05) is 15.7 Å². The fraction of sp³-hybridized carbons (Fsp3) is 0.211. The predicted molar refractivity (Wildman–Crippen MR) is 113 cm³/mol. The molecule has 0 radical (unpaired) electrons. The summed E-state index contributed by atoms with van der Waals surface area (Å²) >= 11 is 4.71. The normalized spacial score (nSPS) is 10.8. The fourth-order valence-corrected chi connectivity index (χ4v) is 4.11. The number of nitrogens with one attached hydrogen (secondary N) is 1. The largest absolute Gasteiger partial charge is 0.335 e. The second-order valence-corrected chi connectivity index (χ2v) is 8.16. The Kier molecular flexibility index (Phi) is 5.86. The van der Waals surface area contributed by atoms with E-state index in [0.717, 1.165) is 32.4 Å². The number of carbonyl (C=O) groups is 1. The predicted octanol–water partition coefficient (Wildman–Crippen LogP) is 4.08. The molecule has 3 aromatic rings. The van der Waals surface area contributed by atoms with E-state index in [1.165, 1.54) is 16.4 Å². The number of anilines is 1. The van der Waals surface area contributed by atoms with Crippen LogP contribution in [-0.4, -0.2) is 26.5 Å². The molecule has 0 atom stereocenters. The van der Waals surface area contributed by atoms with E-state index in [-0.39, 0.29) is 11.7 Å². The van der Waals surface area contributed by atoms with E-state index in [9.17, 15) is 4.79 Å². The molecule has 1 aromatic heterocycles. The molecule has 140 valence electrons. The highest BCUT2D eigenvalue weighted by atomic mass is 79.9. The zero-order valence-electron chi connectivity index (χ0n) is 15.3. The smallest absolute Gasteiger partial charge is 0.234 e. The summed E-state index contributed by atoms with van der Waals surface area (Å²) in [6.07, 6.45) is 0. The van der Waals surface area contributed by atoms with Gasteiger partial charge in [-0.05, 0) is 50.1 Å². The number of aryl methyl sites for hydroxylation is 3. The highest BCUT2D eigenvalue weighted by molar-refractivity contribution is 9.10. The summed E-state index contributed by atoms with van der Waals surface area (Å²) in [5.41, 5.74) is 4.85. The molecule has 0 aliphatic rings. The Bertz CT molecular complexity index is 979. The Balaban J connectivity index is 1.68. The molecule has 2 aromatic carbocycles. The molecule has 1 heterocycles. The molecular weight excluding hydrogens is 426 g/mol. The Morgan fingerprint density at radius 2 is 1.89 bits per heavy atom. The number of rotatable bonds is 5. The lowest BCUT2D eigenvalue weighted by atomic mass is 10.1. The first-order valence-corrected chi connectivity index (χ1v) is 10.1. The van der Waals surface area contributed by atoms with Crippen LogP contribution >= 0.6 is 27.7 Å². The van der Waals surface area contributed by atoms with Crippen molar-refractivity contribution in [1.29, 1.82) is 0 Å². The molecular formula is C19H20BrN5OS. The molecule has 0 fully saturated rings. The number of hydrogen-bond acceptors (Lipinski definition) is 5. The minimum absolute atomic E-state index is 0.117. The van der Waals surface area contributed by atoms with Crippen LogP contribution in [0.2, 0.25) is 0 Å². The summed E-state index contributed by atoms with van der Waals surface area (Å²) in [7, 11) is 0. The van der Waals surface area contributed by atoms with Crippen molar-refractivity contribution in [3.63, 3.8) is 0 Å². The maximum atomic E-state index is 12.4. The Hall–Kier alpha value is -2.32. The zero-order valence-corrected chi connectivity index (χ0v) is 17.7. The van der Waals surface area contributed by atoms with Crippen LogP contribution in [0.4, 0.5) is 5.69 Å². The SMILES string of the molecule is Cc1cccc(-c2nnc(SCC(=O)Nc3c(C)cc(Br)cc3C)n2N)c1. The summed E-state index contributed by atoms with van der Waals surface area (Å²) in [6.45, 7) is 5.93. The first kappa shape index (κ1) is 19.4. The molecule has 0 saturated heterocycles. The molecule has 27 heavy (non-hydrogen) atoms. The van der Waals surface area contributed by atoms with Gasteiger partial charge in [-0.2, -0.15) is 0 Å². The number of amides is 1. The summed E-state index contributed by atoms with van der Waals surface area (Å²) in [6, 6.07) is 11.8. The number of nitrogens with two attached hydrogens (primary N) is 1. The molecule has 3 N–H and O–H groups in total. The number of halogens is 1. The van der Waals surface area contributed by atoms with E-state index in [4.69, 9.17) is 5.84 Å². The van der Waals surface area contributed by atoms with Gasteiger partial charge >= 0.3 is 0 Å². The highest BCUT2D eigenvalue weighted by Crippen LogP contribution is 2.26. The van der Waals surface area contributed by atoms with E-state index < -0.39 is 0 Å². The van der Waals surface area contributed by atoms with Crippen molar-refractivity contribution in [3.8, 4) is 11.4 Å². The summed E-state index contributed by atoms with van der Waals surface area (Å²) in [4.78, 5) is 12.4. The third-order valence-corrected chi connectivity index (χ3v) is 5.44. The molecule has 0 spiro atoms. The number of benzene rings is 2. The Morgan fingerprint density at radius 3 is 2.56 bits per heavy atom. The van der Waals surface area contributed by atoms with E-state index in [1.54, 1.807) is 0 Å². The van der Waals surface area contributed by atoms with Crippen LogP contribution in [0.15, 0.2) is 46.0 Å². The highest BCUT2D eigenvalue weighted by Gasteiger charge is 2.15. The van der Waals surface area contributed by atoms with Crippen LogP contribution in [0.5, 0.6) is 0 Å². The van der Waals surface area contributed by atoms with Gasteiger partial charge in [0.2, 0.25) is 11.1 Å². The van der Waals surface area contributed by atoms with Crippen LogP contribution in [0, 0.1) is 20.8 Å². The van der Waals surface area contributed by atoms with E-state index >= 15 is 0 Å².